The summed E-state index contributed by atoms with van der Waals surface area (Å²) in [7, 11) is -3.07. The van der Waals surface area contributed by atoms with Crippen LogP contribution in [0.4, 0.5) is 0 Å². The summed E-state index contributed by atoms with van der Waals surface area (Å²) in [6.45, 7) is 2.99. The molecule has 5 rings (SSSR count). The lowest BCUT2D eigenvalue weighted by molar-refractivity contribution is -0.0394. The zero-order valence-electron chi connectivity index (χ0n) is 18.0. The van der Waals surface area contributed by atoms with E-state index < -0.39 is 10.0 Å². The number of fused-ring (bicyclic) bond motifs is 1. The van der Waals surface area contributed by atoms with E-state index in [0.717, 1.165) is 50.0 Å². The first-order valence-corrected chi connectivity index (χ1v) is 13.0. The van der Waals surface area contributed by atoms with Crippen molar-refractivity contribution in [1.29, 1.82) is 0 Å². The normalized spacial score (nSPS) is 21.6. The van der Waals surface area contributed by atoms with E-state index in [1.807, 2.05) is 10.9 Å². The molecule has 7 nitrogen and oxygen atoms in total. The molecule has 0 amide bonds. The summed E-state index contributed by atoms with van der Waals surface area (Å²) in [4.78, 5) is 0. The van der Waals surface area contributed by atoms with Gasteiger partial charge in [-0.1, -0.05) is 6.07 Å². The van der Waals surface area contributed by atoms with Gasteiger partial charge in [0.2, 0.25) is 10.0 Å². The largest absolute Gasteiger partial charge is 0.357 e. The number of benzene rings is 1. The summed E-state index contributed by atoms with van der Waals surface area (Å²) in [5, 5.41) is 5.76. The maximum atomic E-state index is 11.7. The van der Waals surface area contributed by atoms with Crippen LogP contribution in [0.25, 0.3) is 22.0 Å². The summed E-state index contributed by atoms with van der Waals surface area (Å²) in [6.07, 6.45) is 12.7. The molecule has 2 aliphatic heterocycles. The number of sulfonamides is 1. The molecular formula is C23H30N4O3S. The standard InChI is InChI=1S/C23H30N4O3S/c1-31(28,29)26-11-7-18(8-12-26)16-25-10-9-20-14-19(5-6-22(20)25)21-15-24-27(17-21)23-4-2-3-13-30-23/h5-6,9-10,14-15,17-18,23H,2-4,7-8,11-13,16H2,1H3. The molecule has 1 unspecified atom stereocenters. The van der Waals surface area contributed by atoms with Crippen LogP contribution < -0.4 is 0 Å². The van der Waals surface area contributed by atoms with Crippen LogP contribution in [0.5, 0.6) is 0 Å². The Hall–Kier alpha value is -2.16. The topological polar surface area (TPSA) is 69.4 Å². The van der Waals surface area contributed by atoms with Crippen LogP contribution in [-0.2, 0) is 21.3 Å². The monoisotopic (exact) mass is 442 g/mol. The first-order chi connectivity index (χ1) is 15.0. The molecule has 2 aromatic heterocycles. The van der Waals surface area contributed by atoms with E-state index in [2.05, 4.69) is 46.3 Å². The van der Waals surface area contributed by atoms with Crippen LogP contribution in [0.2, 0.25) is 0 Å². The molecule has 0 N–H and O–H groups in total. The van der Waals surface area contributed by atoms with Gasteiger partial charge < -0.3 is 9.30 Å². The number of rotatable bonds is 5. The molecule has 4 heterocycles. The highest BCUT2D eigenvalue weighted by molar-refractivity contribution is 7.88. The predicted octanol–water partition coefficient (Wildman–Crippen LogP) is 3.88. The second kappa shape index (κ2) is 8.41. The van der Waals surface area contributed by atoms with Crippen LogP contribution in [-0.4, -0.2) is 53.0 Å². The summed E-state index contributed by atoms with van der Waals surface area (Å²) >= 11 is 0. The quantitative estimate of drug-likeness (QED) is 0.601. The van der Waals surface area contributed by atoms with Gasteiger partial charge in [-0.3, -0.25) is 0 Å². The van der Waals surface area contributed by atoms with Crippen molar-refractivity contribution in [3.63, 3.8) is 0 Å². The summed E-state index contributed by atoms with van der Waals surface area (Å²) in [5.41, 5.74) is 3.49. The Bertz CT molecular complexity index is 1150. The van der Waals surface area contributed by atoms with Gasteiger partial charge in [-0.2, -0.15) is 5.10 Å². The lowest BCUT2D eigenvalue weighted by atomic mass is 9.98. The lowest BCUT2D eigenvalue weighted by Gasteiger charge is -2.30. The molecule has 2 fully saturated rings. The van der Waals surface area contributed by atoms with Crippen molar-refractivity contribution in [1.82, 2.24) is 18.7 Å². The van der Waals surface area contributed by atoms with E-state index in [-0.39, 0.29) is 6.23 Å². The van der Waals surface area contributed by atoms with Gasteiger partial charge >= 0.3 is 0 Å². The van der Waals surface area contributed by atoms with E-state index in [1.54, 1.807) is 4.31 Å². The summed E-state index contributed by atoms with van der Waals surface area (Å²) in [5.74, 6) is 0.502. The molecule has 1 atom stereocenters. The highest BCUT2D eigenvalue weighted by Gasteiger charge is 2.25. The van der Waals surface area contributed by atoms with Gasteiger partial charge in [0, 0.05) is 55.1 Å². The van der Waals surface area contributed by atoms with Crippen molar-refractivity contribution in [2.75, 3.05) is 26.0 Å². The second-order valence-corrected chi connectivity index (χ2v) is 10.9. The zero-order chi connectivity index (χ0) is 21.4. The van der Waals surface area contributed by atoms with E-state index >= 15 is 0 Å². The highest BCUT2D eigenvalue weighted by Crippen LogP contribution is 2.29. The van der Waals surface area contributed by atoms with Crippen molar-refractivity contribution in [3.8, 4) is 11.1 Å². The first-order valence-electron chi connectivity index (χ1n) is 11.2. The summed E-state index contributed by atoms with van der Waals surface area (Å²) < 4.78 is 35.2. The van der Waals surface area contributed by atoms with Crippen molar-refractivity contribution in [2.24, 2.45) is 5.92 Å². The molecule has 0 radical (unpaired) electrons. The average molecular weight is 443 g/mol. The minimum absolute atomic E-state index is 0.0569. The molecule has 0 aliphatic carbocycles. The van der Waals surface area contributed by atoms with Crippen LogP contribution in [0.15, 0.2) is 42.9 Å². The fourth-order valence-corrected chi connectivity index (χ4v) is 5.69. The Morgan fingerprint density at radius 1 is 1.10 bits per heavy atom. The first kappa shape index (κ1) is 20.7. The lowest BCUT2D eigenvalue weighted by Crippen LogP contribution is -2.38. The number of nitrogens with zero attached hydrogens (tertiary/aromatic N) is 4. The average Bonchev–Trinajstić information content (AvgIpc) is 3.42. The zero-order valence-corrected chi connectivity index (χ0v) is 18.8. The molecule has 0 spiro atoms. The Balaban J connectivity index is 1.29. The molecule has 31 heavy (non-hydrogen) atoms. The third kappa shape index (κ3) is 4.42. The Labute approximate surface area is 183 Å². The molecular weight excluding hydrogens is 412 g/mol. The highest BCUT2D eigenvalue weighted by atomic mass is 32.2. The van der Waals surface area contributed by atoms with E-state index in [1.165, 1.54) is 23.6 Å². The fourth-order valence-electron chi connectivity index (χ4n) is 4.82. The van der Waals surface area contributed by atoms with Crippen LogP contribution >= 0.6 is 0 Å². The number of hydrogen-bond donors (Lipinski definition) is 0. The molecule has 3 aromatic rings. The SMILES string of the molecule is CS(=O)(=O)N1CCC(Cn2ccc3cc(-c4cnn(C5CCCCO5)c4)ccc32)CC1. The van der Waals surface area contributed by atoms with Gasteiger partial charge in [-0.25, -0.2) is 17.4 Å². The van der Waals surface area contributed by atoms with Gasteiger partial charge in [0.15, 0.2) is 0 Å². The van der Waals surface area contributed by atoms with Gasteiger partial charge in [-0.15, -0.1) is 0 Å². The number of ether oxygens (including phenoxy) is 1. The number of hydrogen-bond acceptors (Lipinski definition) is 4. The maximum Gasteiger partial charge on any atom is 0.211 e. The molecule has 2 aliphatic rings. The predicted molar refractivity (Wildman–Crippen MR) is 121 cm³/mol. The third-order valence-electron chi connectivity index (χ3n) is 6.65. The summed E-state index contributed by atoms with van der Waals surface area (Å²) in [6, 6.07) is 8.74. The van der Waals surface area contributed by atoms with Crippen LogP contribution in [0.3, 0.4) is 0 Å². The van der Waals surface area contributed by atoms with E-state index in [9.17, 15) is 8.42 Å². The van der Waals surface area contributed by atoms with Gasteiger partial charge in [0.25, 0.3) is 0 Å². The van der Waals surface area contributed by atoms with Crippen LogP contribution in [0.1, 0.15) is 38.3 Å². The molecule has 8 heteroatoms. The maximum absolute atomic E-state index is 11.7. The second-order valence-electron chi connectivity index (χ2n) is 8.88. The number of piperidine rings is 1. The third-order valence-corrected chi connectivity index (χ3v) is 7.96. The molecule has 0 saturated carbocycles. The molecule has 1 aromatic carbocycles. The van der Waals surface area contributed by atoms with E-state index in [0.29, 0.717) is 19.0 Å². The Kier molecular flexibility index (Phi) is 5.62. The fraction of sp³-hybridized carbons (Fsp3) is 0.522. The minimum atomic E-state index is -3.07. The smallest absolute Gasteiger partial charge is 0.211 e. The minimum Gasteiger partial charge on any atom is -0.357 e. The molecule has 166 valence electrons. The van der Waals surface area contributed by atoms with E-state index in [4.69, 9.17) is 4.74 Å². The Morgan fingerprint density at radius 3 is 2.68 bits per heavy atom. The van der Waals surface area contributed by atoms with Gasteiger partial charge in [-0.05, 0) is 61.8 Å². The van der Waals surface area contributed by atoms with Crippen LogP contribution in [0, 0.1) is 5.92 Å². The molecule has 0 bridgehead atoms. The van der Waals surface area contributed by atoms with Crippen molar-refractivity contribution in [2.45, 2.75) is 44.9 Å². The van der Waals surface area contributed by atoms with Gasteiger partial charge in [0.05, 0.1) is 12.5 Å². The Morgan fingerprint density at radius 2 is 1.94 bits per heavy atom. The van der Waals surface area contributed by atoms with Crippen molar-refractivity contribution < 1.29 is 13.2 Å². The molecule has 2 saturated heterocycles. The van der Waals surface area contributed by atoms with Crippen molar-refractivity contribution >= 4 is 20.9 Å². The van der Waals surface area contributed by atoms with Gasteiger partial charge in [0.1, 0.15) is 6.23 Å². The van der Waals surface area contributed by atoms with Crippen molar-refractivity contribution in [3.05, 3.63) is 42.9 Å². The number of aromatic nitrogens is 3.